The second-order valence-electron chi connectivity index (χ2n) is 7.38. The van der Waals surface area contributed by atoms with Crippen LogP contribution >= 0.6 is 11.8 Å². The van der Waals surface area contributed by atoms with Crippen LogP contribution < -0.4 is 15.9 Å². The third-order valence-electron chi connectivity index (χ3n) is 5.32. The molecule has 0 radical (unpaired) electrons. The van der Waals surface area contributed by atoms with Gasteiger partial charge in [0.25, 0.3) is 5.91 Å². The number of carbonyl (C=O) groups is 1. The average molecular weight is 415 g/mol. The van der Waals surface area contributed by atoms with E-state index in [0.29, 0.717) is 10.9 Å². The third-order valence-corrected chi connectivity index (χ3v) is 6.27. The Bertz CT molecular complexity index is 1280. The highest BCUT2D eigenvalue weighted by molar-refractivity contribution is 8.13. The van der Waals surface area contributed by atoms with Gasteiger partial charge in [-0.25, -0.2) is 5.01 Å². The van der Waals surface area contributed by atoms with Crippen molar-refractivity contribution in [3.8, 4) is 0 Å². The largest absolute Gasteiger partial charge is 0.298 e. The molecule has 3 aromatic rings. The van der Waals surface area contributed by atoms with Crippen LogP contribution in [0.15, 0.2) is 76.8 Å². The number of thioether (sulfide) groups is 1. The summed E-state index contributed by atoms with van der Waals surface area (Å²) >= 11 is 1.58. The van der Waals surface area contributed by atoms with Gasteiger partial charge in [0.1, 0.15) is 5.70 Å². The number of nitrogens with zero attached hydrogens (tertiary/aromatic N) is 3. The van der Waals surface area contributed by atoms with Crippen LogP contribution in [0.25, 0.3) is 16.5 Å². The van der Waals surface area contributed by atoms with Gasteiger partial charge in [-0.05, 0) is 34.9 Å². The molecule has 1 atom stereocenters. The van der Waals surface area contributed by atoms with E-state index in [1.165, 1.54) is 5.39 Å². The number of amidine groups is 1. The lowest BCUT2D eigenvalue weighted by Crippen LogP contribution is -2.50. The Morgan fingerprint density at radius 1 is 1.03 bits per heavy atom. The highest BCUT2D eigenvalue weighted by Crippen LogP contribution is 2.32. The molecular weight excluding hydrogens is 392 g/mol. The molecule has 0 aliphatic carbocycles. The van der Waals surface area contributed by atoms with Gasteiger partial charge in [0, 0.05) is 11.0 Å². The number of rotatable bonds is 4. The van der Waals surface area contributed by atoms with Crippen molar-refractivity contribution < 1.29 is 4.79 Å². The summed E-state index contributed by atoms with van der Waals surface area (Å²) in [5, 5.41) is 14.2. The minimum atomic E-state index is -0.382. The van der Waals surface area contributed by atoms with Gasteiger partial charge in [-0.3, -0.25) is 15.1 Å². The topological polar surface area (TPSA) is 57.1 Å². The predicted molar refractivity (Wildman–Crippen MR) is 122 cm³/mol. The molecule has 2 heterocycles. The predicted octanol–water partition coefficient (Wildman–Crippen LogP) is 3.52. The Hall–Kier alpha value is -3.12. The molecule has 6 heteroatoms. The molecule has 0 fully saturated rings. The lowest BCUT2D eigenvalue weighted by molar-refractivity contribution is -0.116. The zero-order chi connectivity index (χ0) is 20.5. The SMILES string of the molecule is CCCCSC1=NN2C(=c3ccccc3=NC2c2ccc3ccccc3c2)C(=O)N1. The maximum absolute atomic E-state index is 13.1. The van der Waals surface area contributed by atoms with E-state index in [-0.39, 0.29) is 12.1 Å². The van der Waals surface area contributed by atoms with Gasteiger partial charge in [-0.15, -0.1) is 5.10 Å². The standard InChI is InChI=1S/C24H22N4OS/c1-2-3-14-30-24-26-23(29)21-19-10-6-7-11-20(19)25-22(28(21)27-24)18-13-12-16-8-4-5-9-17(16)15-18/h4-13,15,22H,2-3,14H2,1H3,(H,26,27,29). The highest BCUT2D eigenvalue weighted by atomic mass is 32.2. The minimum Gasteiger partial charge on any atom is -0.298 e. The molecule has 0 spiro atoms. The summed E-state index contributed by atoms with van der Waals surface area (Å²) in [5.74, 6) is 0.796. The van der Waals surface area contributed by atoms with Gasteiger partial charge >= 0.3 is 0 Å². The average Bonchev–Trinajstić information content (AvgIpc) is 2.78. The fourth-order valence-electron chi connectivity index (χ4n) is 3.79. The lowest BCUT2D eigenvalue weighted by Gasteiger charge is -2.34. The first-order valence-electron chi connectivity index (χ1n) is 10.2. The molecule has 30 heavy (non-hydrogen) atoms. The number of hydrazone groups is 1. The summed E-state index contributed by atoms with van der Waals surface area (Å²) in [6, 6.07) is 22.3. The Kier molecular flexibility index (Phi) is 5.01. The normalized spacial score (nSPS) is 17.7. The van der Waals surface area contributed by atoms with E-state index in [4.69, 9.17) is 10.1 Å². The molecule has 150 valence electrons. The molecule has 2 aliphatic rings. The van der Waals surface area contributed by atoms with Crippen LogP contribution in [0, 0.1) is 0 Å². The van der Waals surface area contributed by atoms with Crippen LogP contribution in [0.1, 0.15) is 31.5 Å². The summed E-state index contributed by atoms with van der Waals surface area (Å²) in [4.78, 5) is 18.1. The van der Waals surface area contributed by atoms with Crippen molar-refractivity contribution in [2.24, 2.45) is 10.1 Å². The molecule has 5 rings (SSSR count). The Morgan fingerprint density at radius 2 is 1.83 bits per heavy atom. The van der Waals surface area contributed by atoms with Crippen LogP contribution in [0.3, 0.4) is 0 Å². The van der Waals surface area contributed by atoms with Crippen molar-refractivity contribution in [1.82, 2.24) is 10.3 Å². The summed E-state index contributed by atoms with van der Waals surface area (Å²) in [5.41, 5.74) is 1.57. The van der Waals surface area contributed by atoms with Crippen molar-refractivity contribution in [3.63, 3.8) is 0 Å². The van der Waals surface area contributed by atoms with Crippen LogP contribution in [0.4, 0.5) is 0 Å². The zero-order valence-electron chi connectivity index (χ0n) is 16.7. The number of benzene rings is 3. The number of hydrogen-bond acceptors (Lipinski definition) is 5. The summed E-state index contributed by atoms with van der Waals surface area (Å²) in [6.45, 7) is 2.16. The fourth-order valence-corrected chi connectivity index (χ4v) is 4.73. The summed E-state index contributed by atoms with van der Waals surface area (Å²) < 4.78 is 0. The van der Waals surface area contributed by atoms with E-state index in [0.717, 1.165) is 40.1 Å². The van der Waals surface area contributed by atoms with Crippen molar-refractivity contribution in [2.45, 2.75) is 25.9 Å². The molecule has 0 aromatic heterocycles. The van der Waals surface area contributed by atoms with Crippen molar-refractivity contribution in [3.05, 3.63) is 82.9 Å². The Morgan fingerprint density at radius 3 is 2.70 bits per heavy atom. The quantitative estimate of drug-likeness (QED) is 0.665. The minimum absolute atomic E-state index is 0.128. The van der Waals surface area contributed by atoms with E-state index in [1.54, 1.807) is 16.8 Å². The first-order valence-corrected chi connectivity index (χ1v) is 11.2. The first-order chi connectivity index (χ1) is 14.7. The Balaban J connectivity index is 1.65. The number of carbonyl (C=O) groups excluding carboxylic acids is 1. The molecular formula is C24H22N4OS. The number of fused-ring (bicyclic) bond motifs is 3. The number of nitrogens with one attached hydrogen (secondary N) is 1. The fraction of sp³-hybridized carbons (Fsp3) is 0.208. The zero-order valence-corrected chi connectivity index (χ0v) is 17.5. The molecule has 1 unspecified atom stereocenters. The molecule has 0 bridgehead atoms. The second-order valence-corrected chi connectivity index (χ2v) is 8.46. The highest BCUT2D eigenvalue weighted by Gasteiger charge is 2.34. The first kappa shape index (κ1) is 18.9. The number of para-hydroxylation sites is 1. The van der Waals surface area contributed by atoms with E-state index in [1.807, 2.05) is 36.4 Å². The van der Waals surface area contributed by atoms with Crippen LogP contribution in [-0.4, -0.2) is 21.8 Å². The van der Waals surface area contributed by atoms with Crippen LogP contribution in [0.2, 0.25) is 0 Å². The van der Waals surface area contributed by atoms with Gasteiger partial charge in [-0.1, -0.05) is 79.7 Å². The Labute approximate surface area is 179 Å². The van der Waals surface area contributed by atoms with Gasteiger partial charge < -0.3 is 0 Å². The molecule has 0 saturated carbocycles. The third kappa shape index (κ3) is 3.37. The number of unbranched alkanes of at least 4 members (excludes halogenated alkanes) is 1. The molecule has 2 aliphatic heterocycles. The van der Waals surface area contributed by atoms with Crippen molar-refractivity contribution in [2.75, 3.05) is 5.75 Å². The van der Waals surface area contributed by atoms with E-state index in [2.05, 4.69) is 42.6 Å². The van der Waals surface area contributed by atoms with Crippen LogP contribution in [0.5, 0.6) is 0 Å². The maximum atomic E-state index is 13.1. The van der Waals surface area contributed by atoms with Gasteiger partial charge in [0.05, 0.1) is 5.36 Å². The molecule has 5 nitrogen and oxygen atoms in total. The van der Waals surface area contributed by atoms with Crippen molar-refractivity contribution in [1.29, 1.82) is 0 Å². The second kappa shape index (κ2) is 7.95. The molecule has 1 N–H and O–H groups in total. The van der Waals surface area contributed by atoms with E-state index in [9.17, 15) is 4.79 Å². The van der Waals surface area contributed by atoms with E-state index >= 15 is 0 Å². The molecule has 3 aromatic carbocycles. The molecule has 0 saturated heterocycles. The smallest absolute Gasteiger partial charge is 0.276 e. The van der Waals surface area contributed by atoms with Gasteiger partial charge in [0.15, 0.2) is 11.3 Å². The van der Waals surface area contributed by atoms with Gasteiger partial charge in [-0.2, -0.15) is 0 Å². The van der Waals surface area contributed by atoms with E-state index < -0.39 is 0 Å². The number of amides is 1. The van der Waals surface area contributed by atoms with Crippen LogP contribution in [-0.2, 0) is 4.79 Å². The number of hydrogen-bond donors (Lipinski definition) is 1. The van der Waals surface area contributed by atoms with Crippen molar-refractivity contribution >= 4 is 39.3 Å². The van der Waals surface area contributed by atoms with Gasteiger partial charge in [0.2, 0.25) is 0 Å². The summed E-state index contributed by atoms with van der Waals surface area (Å²) in [7, 11) is 0. The monoisotopic (exact) mass is 414 g/mol. The lowest BCUT2D eigenvalue weighted by atomic mass is 10.0. The summed E-state index contributed by atoms with van der Waals surface area (Å²) in [6.07, 6.45) is 1.81. The molecule has 1 amide bonds. The maximum Gasteiger partial charge on any atom is 0.276 e.